The van der Waals surface area contributed by atoms with Crippen LogP contribution in [0.4, 0.5) is 5.69 Å². The van der Waals surface area contributed by atoms with Crippen LogP contribution in [-0.2, 0) is 16.4 Å². The summed E-state index contributed by atoms with van der Waals surface area (Å²) in [7, 11) is -3.85. The molecule has 0 aliphatic heterocycles. The smallest absolute Gasteiger partial charge is 0.241 e. The van der Waals surface area contributed by atoms with Crippen molar-refractivity contribution in [2.75, 3.05) is 12.3 Å². The number of benzene rings is 2. The lowest BCUT2D eigenvalue weighted by Crippen LogP contribution is -2.14. The molecular weight excluding hydrogens is 288 g/mol. The Balaban J connectivity index is 1.98. The Morgan fingerprint density at radius 1 is 1.05 bits per heavy atom. The second kappa shape index (κ2) is 6.60. The van der Waals surface area contributed by atoms with Gasteiger partial charge < -0.3 is 10.5 Å². The minimum absolute atomic E-state index is 0.0813. The van der Waals surface area contributed by atoms with Crippen LogP contribution in [0.2, 0.25) is 0 Å². The van der Waals surface area contributed by atoms with E-state index in [9.17, 15) is 8.42 Å². The SMILES string of the molecule is Nc1ccc(OCCCc2ccccc2)c(S(N)(=O)=O)c1. The van der Waals surface area contributed by atoms with Gasteiger partial charge in [-0.1, -0.05) is 30.3 Å². The number of ether oxygens (including phenoxy) is 1. The highest BCUT2D eigenvalue weighted by Crippen LogP contribution is 2.25. The molecule has 0 amide bonds. The van der Waals surface area contributed by atoms with E-state index < -0.39 is 10.0 Å². The summed E-state index contributed by atoms with van der Waals surface area (Å²) in [5.74, 6) is 0.236. The van der Waals surface area contributed by atoms with Crippen molar-refractivity contribution in [2.24, 2.45) is 5.14 Å². The van der Waals surface area contributed by atoms with Gasteiger partial charge in [-0.2, -0.15) is 0 Å². The van der Waals surface area contributed by atoms with Crippen molar-refractivity contribution in [2.45, 2.75) is 17.7 Å². The summed E-state index contributed by atoms with van der Waals surface area (Å²) in [6, 6.07) is 14.4. The van der Waals surface area contributed by atoms with Crippen molar-refractivity contribution in [1.29, 1.82) is 0 Å². The number of hydrogen-bond acceptors (Lipinski definition) is 4. The summed E-state index contributed by atoms with van der Waals surface area (Å²) >= 11 is 0. The lowest BCUT2D eigenvalue weighted by Gasteiger charge is -2.11. The molecule has 0 saturated heterocycles. The number of anilines is 1. The maximum absolute atomic E-state index is 11.5. The van der Waals surface area contributed by atoms with Crippen molar-refractivity contribution in [3.8, 4) is 5.75 Å². The van der Waals surface area contributed by atoms with E-state index in [1.54, 1.807) is 6.07 Å². The Hall–Kier alpha value is -2.05. The number of aryl methyl sites for hydroxylation is 1. The van der Waals surface area contributed by atoms with Crippen LogP contribution in [0.25, 0.3) is 0 Å². The van der Waals surface area contributed by atoms with Gasteiger partial charge in [-0.05, 0) is 36.6 Å². The largest absolute Gasteiger partial charge is 0.492 e. The zero-order chi connectivity index (χ0) is 15.3. The molecule has 4 N–H and O–H groups in total. The van der Waals surface area contributed by atoms with E-state index in [1.165, 1.54) is 17.7 Å². The van der Waals surface area contributed by atoms with Gasteiger partial charge in [0.25, 0.3) is 0 Å². The Morgan fingerprint density at radius 3 is 2.43 bits per heavy atom. The van der Waals surface area contributed by atoms with Gasteiger partial charge in [0.15, 0.2) is 0 Å². The van der Waals surface area contributed by atoms with E-state index in [0.29, 0.717) is 12.3 Å². The number of sulfonamides is 1. The molecule has 112 valence electrons. The van der Waals surface area contributed by atoms with Crippen molar-refractivity contribution in [1.82, 2.24) is 0 Å². The average Bonchev–Trinajstić information content (AvgIpc) is 2.45. The van der Waals surface area contributed by atoms with Gasteiger partial charge >= 0.3 is 0 Å². The van der Waals surface area contributed by atoms with Crippen LogP contribution in [-0.4, -0.2) is 15.0 Å². The van der Waals surface area contributed by atoms with Gasteiger partial charge in [0.1, 0.15) is 10.6 Å². The highest BCUT2D eigenvalue weighted by atomic mass is 32.2. The third-order valence-corrected chi connectivity index (χ3v) is 3.92. The third-order valence-electron chi connectivity index (χ3n) is 2.98. The van der Waals surface area contributed by atoms with Gasteiger partial charge in [-0.25, -0.2) is 13.6 Å². The fourth-order valence-electron chi connectivity index (χ4n) is 1.97. The van der Waals surface area contributed by atoms with Gasteiger partial charge in [0.2, 0.25) is 10.0 Å². The summed E-state index contributed by atoms with van der Waals surface area (Å²) in [6.07, 6.45) is 1.64. The lowest BCUT2D eigenvalue weighted by molar-refractivity contribution is 0.303. The van der Waals surface area contributed by atoms with Gasteiger partial charge in [0, 0.05) is 5.69 Å². The molecule has 0 aliphatic rings. The summed E-state index contributed by atoms with van der Waals surface area (Å²) in [5, 5.41) is 5.16. The van der Waals surface area contributed by atoms with Gasteiger partial charge in [-0.15, -0.1) is 0 Å². The highest BCUT2D eigenvalue weighted by Gasteiger charge is 2.15. The zero-order valence-corrected chi connectivity index (χ0v) is 12.3. The molecule has 0 atom stereocenters. The molecule has 2 aromatic rings. The maximum atomic E-state index is 11.5. The van der Waals surface area contributed by atoms with Crippen LogP contribution in [0.1, 0.15) is 12.0 Å². The molecule has 0 radical (unpaired) electrons. The molecule has 21 heavy (non-hydrogen) atoms. The van der Waals surface area contributed by atoms with Crippen LogP contribution in [0, 0.1) is 0 Å². The molecule has 0 bridgehead atoms. The van der Waals surface area contributed by atoms with Crippen molar-refractivity contribution in [3.05, 3.63) is 54.1 Å². The summed E-state index contributed by atoms with van der Waals surface area (Å²) in [4.78, 5) is -0.0813. The van der Waals surface area contributed by atoms with E-state index in [0.717, 1.165) is 12.8 Å². The van der Waals surface area contributed by atoms with Crippen LogP contribution in [0.15, 0.2) is 53.4 Å². The molecule has 0 aliphatic carbocycles. The first-order valence-electron chi connectivity index (χ1n) is 6.56. The summed E-state index contributed by atoms with van der Waals surface area (Å²) in [5.41, 5.74) is 7.12. The van der Waals surface area contributed by atoms with E-state index in [4.69, 9.17) is 15.6 Å². The Morgan fingerprint density at radius 2 is 1.76 bits per heavy atom. The second-order valence-electron chi connectivity index (χ2n) is 4.69. The molecule has 0 saturated carbocycles. The van der Waals surface area contributed by atoms with Crippen molar-refractivity contribution >= 4 is 15.7 Å². The monoisotopic (exact) mass is 306 g/mol. The molecule has 0 aromatic heterocycles. The molecule has 6 heteroatoms. The van der Waals surface area contributed by atoms with E-state index in [-0.39, 0.29) is 10.6 Å². The zero-order valence-electron chi connectivity index (χ0n) is 11.5. The molecule has 5 nitrogen and oxygen atoms in total. The standard InChI is InChI=1S/C15H18N2O3S/c16-13-8-9-14(15(11-13)21(17,18)19)20-10-4-7-12-5-2-1-3-6-12/h1-3,5-6,8-9,11H,4,7,10,16H2,(H2,17,18,19). The molecular formula is C15H18N2O3S. The summed E-state index contributed by atoms with van der Waals surface area (Å²) in [6.45, 7) is 0.404. The Bertz CT molecular complexity index is 700. The van der Waals surface area contributed by atoms with Crippen molar-refractivity contribution < 1.29 is 13.2 Å². The van der Waals surface area contributed by atoms with Gasteiger partial charge in [0.05, 0.1) is 6.61 Å². The second-order valence-corrected chi connectivity index (χ2v) is 6.22. The quantitative estimate of drug-likeness (QED) is 0.629. The predicted octanol–water partition coefficient (Wildman–Crippen LogP) is 1.93. The number of nitrogen functional groups attached to an aromatic ring is 1. The number of nitrogens with two attached hydrogens (primary N) is 2. The lowest BCUT2D eigenvalue weighted by atomic mass is 10.1. The van der Waals surface area contributed by atoms with Crippen LogP contribution >= 0.6 is 0 Å². The van der Waals surface area contributed by atoms with Crippen molar-refractivity contribution in [3.63, 3.8) is 0 Å². The maximum Gasteiger partial charge on any atom is 0.241 e. The van der Waals surface area contributed by atoms with E-state index >= 15 is 0 Å². The first kappa shape index (κ1) is 15.3. The first-order valence-corrected chi connectivity index (χ1v) is 8.10. The number of primary sulfonamides is 1. The Labute approximate surface area is 124 Å². The molecule has 2 aromatic carbocycles. The summed E-state index contributed by atoms with van der Waals surface area (Å²) < 4.78 is 28.5. The van der Waals surface area contributed by atoms with Crippen LogP contribution < -0.4 is 15.6 Å². The minimum atomic E-state index is -3.85. The van der Waals surface area contributed by atoms with E-state index in [1.807, 2.05) is 30.3 Å². The third kappa shape index (κ3) is 4.47. The minimum Gasteiger partial charge on any atom is -0.492 e. The first-order chi connectivity index (χ1) is 9.97. The van der Waals surface area contributed by atoms with E-state index in [2.05, 4.69) is 0 Å². The molecule has 0 spiro atoms. The highest BCUT2D eigenvalue weighted by molar-refractivity contribution is 7.89. The molecule has 2 rings (SSSR count). The fourth-order valence-corrected chi connectivity index (χ4v) is 2.68. The number of rotatable bonds is 6. The van der Waals surface area contributed by atoms with Gasteiger partial charge in [-0.3, -0.25) is 0 Å². The van der Waals surface area contributed by atoms with Crippen LogP contribution in [0.5, 0.6) is 5.75 Å². The normalized spacial score (nSPS) is 11.3. The molecule has 0 heterocycles. The molecule has 0 unspecified atom stereocenters. The Kier molecular flexibility index (Phi) is 4.82. The topological polar surface area (TPSA) is 95.4 Å². The average molecular weight is 306 g/mol. The van der Waals surface area contributed by atoms with Crippen LogP contribution in [0.3, 0.4) is 0 Å². The number of hydrogen-bond donors (Lipinski definition) is 2. The molecule has 0 fully saturated rings. The predicted molar refractivity (Wildman–Crippen MR) is 82.5 cm³/mol. The fraction of sp³-hybridized carbons (Fsp3) is 0.200.